The van der Waals surface area contributed by atoms with Gasteiger partial charge in [0.25, 0.3) is 5.91 Å². The number of aromatic nitrogens is 2. The molecule has 0 aliphatic heterocycles. The third kappa shape index (κ3) is 4.33. The molecule has 1 N–H and O–H groups in total. The first-order valence-electron chi connectivity index (χ1n) is 6.12. The van der Waals surface area contributed by atoms with Gasteiger partial charge in [-0.3, -0.25) is 10.1 Å². The van der Waals surface area contributed by atoms with E-state index < -0.39 is 0 Å². The monoisotopic (exact) mass is 293 g/mol. The van der Waals surface area contributed by atoms with Crippen LogP contribution in [0.15, 0.2) is 34.7 Å². The summed E-state index contributed by atoms with van der Waals surface area (Å²) in [5.41, 5.74) is 0.623. The SMILES string of the molecule is CCCCSc1nnc(NC(=O)c2ccccc2)s1. The van der Waals surface area contributed by atoms with Crippen LogP contribution in [-0.4, -0.2) is 21.9 Å². The molecule has 0 atom stereocenters. The molecular weight excluding hydrogens is 278 g/mol. The molecule has 0 fully saturated rings. The normalized spacial score (nSPS) is 10.4. The molecule has 6 heteroatoms. The highest BCUT2D eigenvalue weighted by Gasteiger charge is 2.09. The van der Waals surface area contributed by atoms with E-state index in [1.807, 2.05) is 18.2 Å². The van der Waals surface area contributed by atoms with Gasteiger partial charge in [0.05, 0.1) is 0 Å². The molecule has 0 bridgehead atoms. The second-order valence-electron chi connectivity index (χ2n) is 3.90. The number of nitrogens with zero attached hydrogens (tertiary/aromatic N) is 2. The van der Waals surface area contributed by atoms with E-state index in [2.05, 4.69) is 22.4 Å². The molecule has 2 aromatic rings. The molecule has 0 radical (unpaired) electrons. The minimum absolute atomic E-state index is 0.151. The molecule has 0 saturated carbocycles. The first-order chi connectivity index (χ1) is 9.29. The van der Waals surface area contributed by atoms with E-state index in [4.69, 9.17) is 0 Å². The van der Waals surface area contributed by atoms with Crippen LogP contribution in [-0.2, 0) is 0 Å². The molecule has 19 heavy (non-hydrogen) atoms. The van der Waals surface area contributed by atoms with Crippen molar-refractivity contribution in [1.82, 2.24) is 10.2 Å². The fourth-order valence-electron chi connectivity index (χ4n) is 1.38. The first kappa shape index (κ1) is 14.0. The Bertz CT molecular complexity index is 528. The number of nitrogens with one attached hydrogen (secondary N) is 1. The molecule has 0 unspecified atom stereocenters. The minimum atomic E-state index is -0.151. The maximum atomic E-state index is 11.9. The van der Waals surface area contributed by atoms with Gasteiger partial charge in [-0.25, -0.2) is 0 Å². The fourth-order valence-corrected chi connectivity index (χ4v) is 3.28. The highest BCUT2D eigenvalue weighted by molar-refractivity contribution is 8.01. The Labute approximate surface area is 120 Å². The smallest absolute Gasteiger partial charge is 0.257 e. The maximum absolute atomic E-state index is 11.9. The molecule has 4 nitrogen and oxygen atoms in total. The van der Waals surface area contributed by atoms with Crippen LogP contribution in [0.4, 0.5) is 5.13 Å². The van der Waals surface area contributed by atoms with E-state index in [9.17, 15) is 4.79 Å². The van der Waals surface area contributed by atoms with Crippen molar-refractivity contribution in [2.45, 2.75) is 24.1 Å². The maximum Gasteiger partial charge on any atom is 0.257 e. The lowest BCUT2D eigenvalue weighted by Gasteiger charge is -1.99. The standard InChI is InChI=1S/C13H15N3OS2/c1-2-3-9-18-13-16-15-12(19-13)14-11(17)10-7-5-4-6-8-10/h4-8H,2-3,9H2,1H3,(H,14,15,17). The molecule has 1 aromatic carbocycles. The van der Waals surface area contributed by atoms with Gasteiger partial charge in [-0.05, 0) is 18.6 Å². The quantitative estimate of drug-likeness (QED) is 0.501. The lowest BCUT2D eigenvalue weighted by atomic mass is 10.2. The number of hydrogen-bond acceptors (Lipinski definition) is 5. The van der Waals surface area contributed by atoms with E-state index in [0.29, 0.717) is 10.7 Å². The Morgan fingerprint density at radius 3 is 2.84 bits per heavy atom. The second-order valence-corrected chi connectivity index (χ2v) is 6.21. The Morgan fingerprint density at radius 1 is 1.32 bits per heavy atom. The molecule has 0 aliphatic rings. The van der Waals surface area contributed by atoms with Gasteiger partial charge in [0.1, 0.15) is 0 Å². The summed E-state index contributed by atoms with van der Waals surface area (Å²) >= 11 is 3.10. The number of unbranched alkanes of at least 4 members (excludes halogenated alkanes) is 1. The van der Waals surface area contributed by atoms with Crippen LogP contribution in [0.2, 0.25) is 0 Å². The third-order valence-corrected chi connectivity index (χ3v) is 4.44. The van der Waals surface area contributed by atoms with Gasteiger partial charge in [-0.1, -0.05) is 54.6 Å². The van der Waals surface area contributed by atoms with Crippen LogP contribution in [0.1, 0.15) is 30.1 Å². The summed E-state index contributed by atoms with van der Waals surface area (Å²) in [6, 6.07) is 9.09. The van der Waals surface area contributed by atoms with E-state index in [1.165, 1.54) is 17.8 Å². The van der Waals surface area contributed by atoms with Gasteiger partial charge < -0.3 is 0 Å². The van der Waals surface area contributed by atoms with Gasteiger partial charge >= 0.3 is 0 Å². The lowest BCUT2D eigenvalue weighted by Crippen LogP contribution is -2.11. The summed E-state index contributed by atoms with van der Waals surface area (Å²) < 4.78 is 0.900. The number of rotatable bonds is 6. The summed E-state index contributed by atoms with van der Waals surface area (Å²) in [4.78, 5) is 11.9. The van der Waals surface area contributed by atoms with Crippen molar-refractivity contribution in [3.8, 4) is 0 Å². The predicted molar refractivity (Wildman–Crippen MR) is 79.9 cm³/mol. The van der Waals surface area contributed by atoms with Crippen molar-refractivity contribution in [3.63, 3.8) is 0 Å². The molecule has 2 rings (SSSR count). The Hall–Kier alpha value is -1.40. The molecule has 0 aliphatic carbocycles. The van der Waals surface area contributed by atoms with Crippen LogP contribution in [0.3, 0.4) is 0 Å². The molecule has 0 spiro atoms. The lowest BCUT2D eigenvalue weighted by molar-refractivity contribution is 0.102. The highest BCUT2D eigenvalue weighted by atomic mass is 32.2. The summed E-state index contributed by atoms with van der Waals surface area (Å²) in [5, 5.41) is 11.3. The van der Waals surface area contributed by atoms with Gasteiger partial charge in [-0.2, -0.15) is 0 Å². The Balaban J connectivity index is 1.91. The number of amides is 1. The number of hydrogen-bond donors (Lipinski definition) is 1. The molecular formula is C13H15N3OS2. The zero-order valence-electron chi connectivity index (χ0n) is 10.6. The Kier molecular flexibility index (Phi) is 5.35. The number of carbonyl (C=O) groups excluding carboxylic acids is 1. The van der Waals surface area contributed by atoms with Crippen molar-refractivity contribution in [1.29, 1.82) is 0 Å². The topological polar surface area (TPSA) is 54.9 Å². The minimum Gasteiger partial charge on any atom is -0.296 e. The fraction of sp³-hybridized carbons (Fsp3) is 0.308. The van der Waals surface area contributed by atoms with Crippen molar-refractivity contribution >= 4 is 34.1 Å². The van der Waals surface area contributed by atoms with Crippen molar-refractivity contribution < 1.29 is 4.79 Å². The largest absolute Gasteiger partial charge is 0.296 e. The molecule has 100 valence electrons. The van der Waals surface area contributed by atoms with Crippen molar-refractivity contribution in [2.24, 2.45) is 0 Å². The van der Waals surface area contributed by atoms with Crippen molar-refractivity contribution in [2.75, 3.05) is 11.1 Å². The van der Waals surface area contributed by atoms with Crippen LogP contribution in [0.5, 0.6) is 0 Å². The van der Waals surface area contributed by atoms with Gasteiger partial charge in [-0.15, -0.1) is 10.2 Å². The summed E-state index contributed by atoms with van der Waals surface area (Å²) in [5.74, 6) is 0.888. The van der Waals surface area contributed by atoms with Crippen LogP contribution >= 0.6 is 23.1 Å². The van der Waals surface area contributed by atoms with E-state index in [1.54, 1.807) is 23.9 Å². The number of benzene rings is 1. The van der Waals surface area contributed by atoms with Gasteiger partial charge in [0.15, 0.2) is 4.34 Å². The summed E-state index contributed by atoms with van der Waals surface area (Å²) in [6.45, 7) is 2.16. The van der Waals surface area contributed by atoms with Crippen LogP contribution < -0.4 is 5.32 Å². The Morgan fingerprint density at radius 2 is 2.11 bits per heavy atom. The third-order valence-electron chi connectivity index (χ3n) is 2.39. The summed E-state index contributed by atoms with van der Waals surface area (Å²) in [7, 11) is 0. The first-order valence-corrected chi connectivity index (χ1v) is 7.92. The zero-order valence-corrected chi connectivity index (χ0v) is 12.3. The van der Waals surface area contributed by atoms with Crippen LogP contribution in [0.25, 0.3) is 0 Å². The van der Waals surface area contributed by atoms with Gasteiger partial charge in [0.2, 0.25) is 5.13 Å². The predicted octanol–water partition coefficient (Wildman–Crippen LogP) is 3.68. The van der Waals surface area contributed by atoms with Crippen molar-refractivity contribution in [3.05, 3.63) is 35.9 Å². The highest BCUT2D eigenvalue weighted by Crippen LogP contribution is 2.26. The van der Waals surface area contributed by atoms with E-state index in [0.717, 1.165) is 16.5 Å². The molecule has 1 amide bonds. The number of anilines is 1. The van der Waals surface area contributed by atoms with E-state index in [-0.39, 0.29) is 5.91 Å². The molecule has 0 saturated heterocycles. The molecule has 1 heterocycles. The number of carbonyl (C=O) groups is 1. The average molecular weight is 293 g/mol. The average Bonchev–Trinajstić information content (AvgIpc) is 2.88. The van der Waals surface area contributed by atoms with Crippen LogP contribution in [0, 0.1) is 0 Å². The second kappa shape index (κ2) is 7.25. The van der Waals surface area contributed by atoms with E-state index >= 15 is 0 Å². The number of thioether (sulfide) groups is 1. The zero-order chi connectivity index (χ0) is 13.5. The summed E-state index contributed by atoms with van der Waals surface area (Å²) in [6.07, 6.45) is 2.33. The molecule has 1 aromatic heterocycles. The van der Waals surface area contributed by atoms with Gasteiger partial charge in [0, 0.05) is 11.3 Å².